The third-order valence-electron chi connectivity index (χ3n) is 4.21. The van der Waals surface area contributed by atoms with E-state index in [2.05, 4.69) is 5.32 Å². The Morgan fingerprint density at radius 1 is 1.04 bits per heavy atom. The fourth-order valence-electron chi connectivity index (χ4n) is 2.81. The van der Waals surface area contributed by atoms with Crippen molar-refractivity contribution in [3.05, 3.63) is 34.9 Å². The molecule has 1 heterocycles. The number of nitrogens with one attached hydrogen (secondary N) is 1. The zero-order valence-electron chi connectivity index (χ0n) is 14.5. The number of benzene rings is 1. The van der Waals surface area contributed by atoms with E-state index in [1.54, 1.807) is 4.90 Å². The van der Waals surface area contributed by atoms with E-state index in [1.165, 1.54) is 6.92 Å². The van der Waals surface area contributed by atoms with Gasteiger partial charge in [-0.3, -0.25) is 14.4 Å². The number of piperazine rings is 1. The van der Waals surface area contributed by atoms with Gasteiger partial charge in [-0.2, -0.15) is 0 Å². The van der Waals surface area contributed by atoms with E-state index >= 15 is 0 Å². The van der Waals surface area contributed by atoms with Crippen LogP contribution in [-0.4, -0.2) is 60.2 Å². The fraction of sp³-hybridized carbons (Fsp3) is 0.500. The van der Waals surface area contributed by atoms with E-state index in [0.29, 0.717) is 57.0 Å². The third-order valence-corrected chi connectivity index (χ3v) is 4.45. The molecule has 0 bridgehead atoms. The van der Waals surface area contributed by atoms with Gasteiger partial charge in [0.25, 0.3) is 0 Å². The van der Waals surface area contributed by atoms with Crippen molar-refractivity contribution in [3.63, 3.8) is 0 Å². The van der Waals surface area contributed by atoms with Gasteiger partial charge in [0.05, 0.1) is 0 Å². The van der Waals surface area contributed by atoms with Crippen molar-refractivity contribution in [2.75, 3.05) is 32.7 Å². The number of hydrogen-bond acceptors (Lipinski definition) is 3. The molecular formula is C18H24ClN3O3. The van der Waals surface area contributed by atoms with Gasteiger partial charge < -0.3 is 15.1 Å². The molecule has 0 aromatic heterocycles. The molecule has 25 heavy (non-hydrogen) atoms. The summed E-state index contributed by atoms with van der Waals surface area (Å²) in [6, 6.07) is 7.54. The third kappa shape index (κ3) is 6.38. The van der Waals surface area contributed by atoms with E-state index in [4.69, 9.17) is 11.6 Å². The minimum Gasteiger partial charge on any atom is -0.356 e. The first-order valence-corrected chi connectivity index (χ1v) is 8.88. The van der Waals surface area contributed by atoms with Crippen LogP contribution in [0.5, 0.6) is 0 Å². The summed E-state index contributed by atoms with van der Waals surface area (Å²) >= 11 is 5.95. The van der Waals surface area contributed by atoms with Crippen LogP contribution < -0.4 is 5.32 Å². The number of hydrogen-bond donors (Lipinski definition) is 1. The second kappa shape index (κ2) is 9.42. The monoisotopic (exact) mass is 365 g/mol. The van der Waals surface area contributed by atoms with Crippen molar-refractivity contribution in [3.8, 4) is 0 Å². The van der Waals surface area contributed by atoms with Crippen molar-refractivity contribution >= 4 is 29.3 Å². The topological polar surface area (TPSA) is 69.7 Å². The van der Waals surface area contributed by atoms with E-state index in [-0.39, 0.29) is 17.7 Å². The maximum atomic E-state index is 12.3. The number of aryl methyl sites for hydroxylation is 1. The van der Waals surface area contributed by atoms with E-state index < -0.39 is 0 Å². The highest BCUT2D eigenvalue weighted by molar-refractivity contribution is 6.30. The van der Waals surface area contributed by atoms with Crippen LogP contribution in [0.15, 0.2) is 24.3 Å². The summed E-state index contributed by atoms with van der Waals surface area (Å²) in [5.74, 6) is -0.0204. The predicted octanol–water partition coefficient (Wildman–Crippen LogP) is 1.47. The molecule has 136 valence electrons. The van der Waals surface area contributed by atoms with Crippen LogP contribution in [0.4, 0.5) is 0 Å². The Morgan fingerprint density at radius 3 is 2.20 bits per heavy atom. The summed E-state index contributed by atoms with van der Waals surface area (Å²) in [7, 11) is 0. The van der Waals surface area contributed by atoms with E-state index in [1.807, 2.05) is 29.2 Å². The quantitative estimate of drug-likeness (QED) is 0.830. The van der Waals surface area contributed by atoms with Crippen LogP contribution in [0.1, 0.15) is 25.3 Å². The second-order valence-corrected chi connectivity index (χ2v) is 6.56. The zero-order chi connectivity index (χ0) is 18.2. The molecular weight excluding hydrogens is 342 g/mol. The lowest BCUT2D eigenvalue weighted by Gasteiger charge is -2.35. The summed E-state index contributed by atoms with van der Waals surface area (Å²) < 4.78 is 0. The lowest BCUT2D eigenvalue weighted by molar-refractivity contribution is -0.139. The summed E-state index contributed by atoms with van der Waals surface area (Å²) in [5, 5.41) is 3.30. The molecule has 2 rings (SSSR count). The first-order chi connectivity index (χ1) is 12.0. The molecule has 1 aromatic carbocycles. The lowest BCUT2D eigenvalue weighted by atomic mass is 10.1. The van der Waals surface area contributed by atoms with Gasteiger partial charge in [-0.05, 0) is 24.1 Å². The van der Waals surface area contributed by atoms with Crippen molar-refractivity contribution in [1.29, 1.82) is 0 Å². The highest BCUT2D eigenvalue weighted by Crippen LogP contribution is 2.13. The largest absolute Gasteiger partial charge is 0.356 e. The Kier molecular flexibility index (Phi) is 7.25. The number of halogens is 1. The van der Waals surface area contributed by atoms with Gasteiger partial charge in [0.1, 0.15) is 0 Å². The molecule has 0 radical (unpaired) electrons. The average Bonchev–Trinajstić information content (AvgIpc) is 2.59. The molecule has 0 spiro atoms. The Morgan fingerprint density at radius 2 is 1.64 bits per heavy atom. The van der Waals surface area contributed by atoms with Gasteiger partial charge in [-0.25, -0.2) is 0 Å². The molecule has 0 unspecified atom stereocenters. The van der Waals surface area contributed by atoms with Crippen LogP contribution in [0.3, 0.4) is 0 Å². The molecule has 0 saturated carbocycles. The average molecular weight is 366 g/mol. The maximum absolute atomic E-state index is 12.3. The van der Waals surface area contributed by atoms with Crippen molar-refractivity contribution < 1.29 is 14.4 Å². The molecule has 1 fully saturated rings. The van der Waals surface area contributed by atoms with Gasteiger partial charge in [-0.1, -0.05) is 23.7 Å². The molecule has 1 N–H and O–H groups in total. The highest BCUT2D eigenvalue weighted by Gasteiger charge is 2.23. The maximum Gasteiger partial charge on any atom is 0.224 e. The van der Waals surface area contributed by atoms with Crippen LogP contribution >= 0.6 is 11.6 Å². The van der Waals surface area contributed by atoms with Gasteiger partial charge >= 0.3 is 0 Å². The van der Waals surface area contributed by atoms with Gasteiger partial charge in [0, 0.05) is 57.5 Å². The standard InChI is InChI=1S/C18H24ClN3O3/c1-14(23)20-8-7-18(25)22-11-9-21(10-12-22)17(24)6-5-15-3-2-4-16(19)13-15/h2-4,13H,5-12H2,1H3,(H,20,23). The minimum absolute atomic E-state index is 0.0137. The van der Waals surface area contributed by atoms with E-state index in [9.17, 15) is 14.4 Å². The lowest BCUT2D eigenvalue weighted by Crippen LogP contribution is -2.51. The molecule has 1 aliphatic rings. The first kappa shape index (κ1) is 19.2. The number of rotatable bonds is 6. The van der Waals surface area contributed by atoms with Crippen LogP contribution in [0.2, 0.25) is 5.02 Å². The van der Waals surface area contributed by atoms with Crippen LogP contribution in [0, 0.1) is 0 Å². The normalized spacial score (nSPS) is 14.3. The first-order valence-electron chi connectivity index (χ1n) is 8.50. The molecule has 0 aliphatic carbocycles. The fourth-order valence-corrected chi connectivity index (χ4v) is 3.02. The Bertz CT molecular complexity index is 628. The number of nitrogens with zero attached hydrogens (tertiary/aromatic N) is 2. The highest BCUT2D eigenvalue weighted by atomic mass is 35.5. The van der Waals surface area contributed by atoms with Crippen LogP contribution in [0.25, 0.3) is 0 Å². The molecule has 0 atom stereocenters. The molecule has 7 heteroatoms. The Hall–Kier alpha value is -2.08. The second-order valence-electron chi connectivity index (χ2n) is 6.12. The van der Waals surface area contributed by atoms with Crippen molar-refractivity contribution in [1.82, 2.24) is 15.1 Å². The van der Waals surface area contributed by atoms with Crippen molar-refractivity contribution in [2.45, 2.75) is 26.2 Å². The van der Waals surface area contributed by atoms with E-state index in [0.717, 1.165) is 5.56 Å². The predicted molar refractivity (Wildman–Crippen MR) is 96.2 cm³/mol. The Balaban J connectivity index is 1.71. The molecule has 6 nitrogen and oxygen atoms in total. The molecule has 1 saturated heterocycles. The summed E-state index contributed by atoms with van der Waals surface area (Å²) in [5.41, 5.74) is 1.05. The van der Waals surface area contributed by atoms with Gasteiger partial charge in [-0.15, -0.1) is 0 Å². The summed E-state index contributed by atoms with van der Waals surface area (Å²) in [4.78, 5) is 38.8. The summed E-state index contributed by atoms with van der Waals surface area (Å²) in [6.07, 6.45) is 1.40. The SMILES string of the molecule is CC(=O)NCCC(=O)N1CCN(C(=O)CCc2cccc(Cl)c2)CC1. The summed E-state index contributed by atoms with van der Waals surface area (Å²) in [6.45, 7) is 3.98. The molecule has 3 amide bonds. The number of carbonyl (C=O) groups excluding carboxylic acids is 3. The molecule has 1 aromatic rings. The van der Waals surface area contributed by atoms with Crippen LogP contribution in [-0.2, 0) is 20.8 Å². The number of amides is 3. The number of carbonyl (C=O) groups is 3. The molecule has 1 aliphatic heterocycles. The van der Waals surface area contributed by atoms with Gasteiger partial charge in [0.2, 0.25) is 17.7 Å². The van der Waals surface area contributed by atoms with Crippen molar-refractivity contribution in [2.24, 2.45) is 0 Å². The van der Waals surface area contributed by atoms with Gasteiger partial charge in [0.15, 0.2) is 0 Å². The zero-order valence-corrected chi connectivity index (χ0v) is 15.2. The Labute approximate surface area is 153 Å². The smallest absolute Gasteiger partial charge is 0.224 e. The minimum atomic E-state index is -0.136.